The van der Waals surface area contributed by atoms with Crippen LogP contribution in [0.5, 0.6) is 0 Å². The van der Waals surface area contributed by atoms with Crippen molar-refractivity contribution in [3.63, 3.8) is 0 Å². The van der Waals surface area contributed by atoms with E-state index in [1.54, 1.807) is 0 Å². The third-order valence-corrected chi connectivity index (χ3v) is 4.88. The summed E-state index contributed by atoms with van der Waals surface area (Å²) in [7, 11) is 0. The van der Waals surface area contributed by atoms with Crippen LogP contribution in [0, 0.1) is 6.92 Å². The maximum absolute atomic E-state index is 5.63. The van der Waals surface area contributed by atoms with Crippen molar-refractivity contribution >= 4 is 23.1 Å². The molecule has 2 nitrogen and oxygen atoms in total. The molecule has 1 atom stereocenters. The molecule has 1 aromatic rings. The fourth-order valence-corrected chi connectivity index (χ4v) is 3.96. The summed E-state index contributed by atoms with van der Waals surface area (Å²) < 4.78 is 0. The zero-order valence-corrected chi connectivity index (χ0v) is 9.38. The van der Waals surface area contributed by atoms with E-state index in [1.807, 2.05) is 23.1 Å². The van der Waals surface area contributed by atoms with Gasteiger partial charge in [-0.15, -0.1) is 11.3 Å². The zero-order valence-electron chi connectivity index (χ0n) is 7.75. The van der Waals surface area contributed by atoms with E-state index >= 15 is 0 Å². The number of aryl methyl sites for hydroxylation is 1. The Bertz CT molecular complexity index is 290. The highest BCUT2D eigenvalue weighted by Gasteiger charge is 2.21. The van der Waals surface area contributed by atoms with Gasteiger partial charge in [0, 0.05) is 23.1 Å². The normalized spacial score (nSPS) is 22.5. The highest BCUT2D eigenvalue weighted by molar-refractivity contribution is 7.99. The van der Waals surface area contributed by atoms with Crippen molar-refractivity contribution in [2.75, 3.05) is 11.5 Å². The van der Waals surface area contributed by atoms with Crippen LogP contribution in [0.15, 0.2) is 0 Å². The molecule has 1 saturated heterocycles. The third kappa shape index (κ3) is 1.90. The standard InChI is InChI=1S/C9H14N2S2/c1-6-8(4-10)13-9(11-6)7-2-3-12-5-7/h7H,2-5,10H2,1H3. The second-order valence-electron chi connectivity index (χ2n) is 3.33. The van der Waals surface area contributed by atoms with Crippen molar-refractivity contribution in [2.45, 2.75) is 25.8 Å². The monoisotopic (exact) mass is 214 g/mol. The minimum Gasteiger partial charge on any atom is -0.326 e. The van der Waals surface area contributed by atoms with Gasteiger partial charge in [0.1, 0.15) is 0 Å². The van der Waals surface area contributed by atoms with Crippen molar-refractivity contribution in [3.05, 3.63) is 15.6 Å². The predicted octanol–water partition coefficient (Wildman–Crippen LogP) is 2.13. The van der Waals surface area contributed by atoms with Crippen LogP contribution in [0.3, 0.4) is 0 Å². The predicted molar refractivity (Wildman–Crippen MR) is 59.4 cm³/mol. The Balaban J connectivity index is 2.20. The maximum Gasteiger partial charge on any atom is 0.0970 e. The number of thioether (sulfide) groups is 1. The van der Waals surface area contributed by atoms with Crippen LogP contribution in [0.1, 0.15) is 27.9 Å². The van der Waals surface area contributed by atoms with Crippen molar-refractivity contribution in [2.24, 2.45) is 5.73 Å². The van der Waals surface area contributed by atoms with Crippen LogP contribution in [0.25, 0.3) is 0 Å². The molecule has 4 heteroatoms. The van der Waals surface area contributed by atoms with E-state index in [2.05, 4.69) is 11.9 Å². The van der Waals surface area contributed by atoms with Gasteiger partial charge < -0.3 is 5.73 Å². The first-order chi connectivity index (χ1) is 6.31. The summed E-state index contributed by atoms with van der Waals surface area (Å²) >= 11 is 3.84. The van der Waals surface area contributed by atoms with Crippen molar-refractivity contribution in [1.82, 2.24) is 4.98 Å². The Morgan fingerprint density at radius 1 is 1.62 bits per heavy atom. The minimum atomic E-state index is 0.642. The molecule has 2 N–H and O–H groups in total. The number of nitrogens with two attached hydrogens (primary N) is 1. The lowest BCUT2D eigenvalue weighted by molar-refractivity contribution is 0.770. The van der Waals surface area contributed by atoms with E-state index in [0.717, 1.165) is 5.69 Å². The number of nitrogens with zero attached hydrogens (tertiary/aromatic N) is 1. The molecular weight excluding hydrogens is 200 g/mol. The van der Waals surface area contributed by atoms with E-state index in [0.29, 0.717) is 12.5 Å². The highest BCUT2D eigenvalue weighted by atomic mass is 32.2. The lowest BCUT2D eigenvalue weighted by atomic mass is 10.1. The smallest absolute Gasteiger partial charge is 0.0970 e. The van der Waals surface area contributed by atoms with E-state index in [4.69, 9.17) is 5.73 Å². The molecular formula is C9H14N2S2. The van der Waals surface area contributed by atoms with Crippen molar-refractivity contribution < 1.29 is 0 Å². The Morgan fingerprint density at radius 2 is 2.46 bits per heavy atom. The SMILES string of the molecule is Cc1nc(C2CCSC2)sc1CN. The van der Waals surface area contributed by atoms with Gasteiger partial charge in [0.2, 0.25) is 0 Å². The molecule has 0 aliphatic carbocycles. The van der Waals surface area contributed by atoms with Gasteiger partial charge in [-0.3, -0.25) is 0 Å². The van der Waals surface area contributed by atoms with Crippen LogP contribution in [0.4, 0.5) is 0 Å². The quantitative estimate of drug-likeness (QED) is 0.819. The Labute approximate surface area is 86.9 Å². The van der Waals surface area contributed by atoms with Crippen LogP contribution in [-0.2, 0) is 6.54 Å². The van der Waals surface area contributed by atoms with E-state index < -0.39 is 0 Å². The zero-order chi connectivity index (χ0) is 9.26. The fraction of sp³-hybridized carbons (Fsp3) is 0.667. The van der Waals surface area contributed by atoms with E-state index in [1.165, 1.54) is 27.8 Å². The van der Waals surface area contributed by atoms with Gasteiger partial charge in [0.15, 0.2) is 0 Å². The van der Waals surface area contributed by atoms with E-state index in [9.17, 15) is 0 Å². The van der Waals surface area contributed by atoms with Crippen LogP contribution < -0.4 is 5.73 Å². The summed E-state index contributed by atoms with van der Waals surface area (Å²) in [5.74, 6) is 3.24. The largest absolute Gasteiger partial charge is 0.326 e. The average molecular weight is 214 g/mol. The number of rotatable bonds is 2. The van der Waals surface area contributed by atoms with Crippen molar-refractivity contribution in [3.8, 4) is 0 Å². The third-order valence-electron chi connectivity index (χ3n) is 2.37. The first kappa shape index (κ1) is 9.49. The Morgan fingerprint density at radius 3 is 3.00 bits per heavy atom. The molecule has 2 heterocycles. The lowest BCUT2D eigenvalue weighted by Crippen LogP contribution is -1.95. The number of hydrogen-bond acceptors (Lipinski definition) is 4. The van der Waals surface area contributed by atoms with Gasteiger partial charge in [-0.25, -0.2) is 4.98 Å². The lowest BCUT2D eigenvalue weighted by Gasteiger charge is -2.01. The summed E-state index contributed by atoms with van der Waals surface area (Å²) in [5, 5.41) is 1.31. The molecule has 0 bridgehead atoms. The summed E-state index contributed by atoms with van der Waals surface area (Å²) in [6.45, 7) is 2.70. The molecule has 72 valence electrons. The number of hydrogen-bond donors (Lipinski definition) is 1. The Kier molecular flexibility index (Phi) is 2.91. The van der Waals surface area contributed by atoms with Crippen LogP contribution >= 0.6 is 23.1 Å². The minimum absolute atomic E-state index is 0.642. The number of aromatic nitrogens is 1. The number of thiazole rings is 1. The van der Waals surface area contributed by atoms with Gasteiger partial charge in [0.25, 0.3) is 0 Å². The summed E-state index contributed by atoms with van der Waals surface area (Å²) in [6, 6.07) is 0. The molecule has 0 radical (unpaired) electrons. The summed E-state index contributed by atoms with van der Waals surface area (Å²) in [5.41, 5.74) is 6.77. The van der Waals surface area contributed by atoms with Crippen molar-refractivity contribution in [1.29, 1.82) is 0 Å². The van der Waals surface area contributed by atoms with Crippen LogP contribution in [-0.4, -0.2) is 16.5 Å². The molecule has 1 aromatic heterocycles. The molecule has 0 spiro atoms. The second-order valence-corrected chi connectivity index (χ2v) is 5.59. The van der Waals surface area contributed by atoms with Gasteiger partial charge in [-0.1, -0.05) is 0 Å². The molecule has 1 aliphatic heterocycles. The Hall–Kier alpha value is -0.0600. The van der Waals surface area contributed by atoms with Gasteiger partial charge in [-0.2, -0.15) is 11.8 Å². The average Bonchev–Trinajstić information content (AvgIpc) is 2.71. The molecule has 0 amide bonds. The molecule has 13 heavy (non-hydrogen) atoms. The van der Waals surface area contributed by atoms with Gasteiger partial charge >= 0.3 is 0 Å². The van der Waals surface area contributed by atoms with Crippen LogP contribution in [0.2, 0.25) is 0 Å². The van der Waals surface area contributed by atoms with E-state index in [-0.39, 0.29) is 0 Å². The first-order valence-electron chi connectivity index (χ1n) is 4.55. The molecule has 0 aromatic carbocycles. The van der Waals surface area contributed by atoms with Gasteiger partial charge in [0.05, 0.1) is 10.7 Å². The molecule has 1 fully saturated rings. The first-order valence-corrected chi connectivity index (χ1v) is 6.52. The fourth-order valence-electron chi connectivity index (χ4n) is 1.54. The summed E-state index contributed by atoms with van der Waals surface area (Å²) in [4.78, 5) is 5.85. The molecule has 2 rings (SSSR count). The maximum atomic E-state index is 5.63. The topological polar surface area (TPSA) is 38.9 Å². The molecule has 0 saturated carbocycles. The summed E-state index contributed by atoms with van der Waals surface area (Å²) in [6.07, 6.45) is 1.29. The second kappa shape index (κ2) is 3.98. The molecule has 1 unspecified atom stereocenters. The molecule has 1 aliphatic rings. The van der Waals surface area contributed by atoms with Gasteiger partial charge in [-0.05, 0) is 19.1 Å². The highest BCUT2D eigenvalue weighted by Crippen LogP contribution is 2.35.